The van der Waals surface area contributed by atoms with E-state index in [1.54, 1.807) is 0 Å². The number of aryl methyl sites for hydroxylation is 2. The molecule has 0 bridgehead atoms. The molecule has 0 saturated carbocycles. The van der Waals surface area contributed by atoms with Crippen molar-refractivity contribution in [3.05, 3.63) is 41.3 Å². The Labute approximate surface area is 200 Å². The zero-order valence-corrected chi connectivity index (χ0v) is 20.1. The summed E-state index contributed by atoms with van der Waals surface area (Å²) < 4.78 is 19.9. The van der Waals surface area contributed by atoms with Crippen LogP contribution in [-0.4, -0.2) is 58.4 Å². The van der Waals surface area contributed by atoms with Gasteiger partial charge < -0.3 is 19.1 Å². The van der Waals surface area contributed by atoms with Gasteiger partial charge in [-0.2, -0.15) is 5.10 Å². The molecule has 0 aliphatic carbocycles. The molecule has 2 unspecified atom stereocenters. The van der Waals surface area contributed by atoms with Gasteiger partial charge in [0.25, 0.3) is 0 Å². The van der Waals surface area contributed by atoms with Crippen LogP contribution in [0.15, 0.2) is 24.4 Å². The molecule has 2 atom stereocenters. The SMILES string of the molecule is Cc1nc(N2CC(OC3CCCCO3)C2)cc(-n2ncc3cc(C)c(C4CCCCO4)cc32)n1. The molecule has 6 rings (SSSR count). The Balaban J connectivity index is 1.24. The van der Waals surface area contributed by atoms with Gasteiger partial charge in [-0.3, -0.25) is 0 Å². The Morgan fingerprint density at radius 1 is 0.912 bits per heavy atom. The summed E-state index contributed by atoms with van der Waals surface area (Å²) in [5.74, 6) is 2.44. The average molecular weight is 464 g/mol. The van der Waals surface area contributed by atoms with E-state index in [1.165, 1.54) is 24.0 Å². The largest absolute Gasteiger partial charge is 0.374 e. The maximum Gasteiger partial charge on any atom is 0.159 e. The van der Waals surface area contributed by atoms with Crippen LogP contribution in [0.2, 0.25) is 0 Å². The van der Waals surface area contributed by atoms with Gasteiger partial charge in [-0.05, 0) is 75.6 Å². The Morgan fingerprint density at radius 3 is 2.47 bits per heavy atom. The fraction of sp³-hybridized carbons (Fsp3) is 0.577. The second kappa shape index (κ2) is 9.24. The maximum atomic E-state index is 6.11. The maximum absolute atomic E-state index is 6.11. The van der Waals surface area contributed by atoms with Crippen LogP contribution in [0.4, 0.5) is 5.82 Å². The number of aromatic nitrogens is 4. The van der Waals surface area contributed by atoms with Crippen molar-refractivity contribution in [2.24, 2.45) is 0 Å². The molecule has 0 amide bonds. The summed E-state index contributed by atoms with van der Waals surface area (Å²) >= 11 is 0. The van der Waals surface area contributed by atoms with E-state index in [1.807, 2.05) is 23.9 Å². The molecule has 3 aliphatic rings. The van der Waals surface area contributed by atoms with E-state index in [0.29, 0.717) is 0 Å². The molecule has 8 heteroatoms. The first-order valence-corrected chi connectivity index (χ1v) is 12.6. The summed E-state index contributed by atoms with van der Waals surface area (Å²) in [4.78, 5) is 11.7. The Morgan fingerprint density at radius 2 is 1.71 bits per heavy atom. The van der Waals surface area contributed by atoms with E-state index in [9.17, 15) is 0 Å². The van der Waals surface area contributed by atoms with Crippen LogP contribution >= 0.6 is 0 Å². The highest BCUT2D eigenvalue weighted by Gasteiger charge is 2.32. The summed E-state index contributed by atoms with van der Waals surface area (Å²) in [6, 6.07) is 6.48. The first-order valence-electron chi connectivity index (χ1n) is 12.6. The van der Waals surface area contributed by atoms with E-state index in [0.717, 1.165) is 80.3 Å². The Bertz CT molecular complexity index is 1160. The number of fused-ring (bicyclic) bond motifs is 1. The smallest absolute Gasteiger partial charge is 0.159 e. The molecule has 8 nitrogen and oxygen atoms in total. The zero-order chi connectivity index (χ0) is 23.1. The molecule has 34 heavy (non-hydrogen) atoms. The molecule has 0 N–H and O–H groups in total. The van der Waals surface area contributed by atoms with E-state index in [4.69, 9.17) is 29.3 Å². The Kier molecular flexibility index (Phi) is 5.97. The third kappa shape index (κ3) is 4.30. The molecule has 0 spiro atoms. The lowest BCUT2D eigenvalue weighted by atomic mass is 9.96. The highest BCUT2D eigenvalue weighted by atomic mass is 16.7. The first-order chi connectivity index (χ1) is 16.6. The number of ether oxygens (including phenoxy) is 3. The summed E-state index contributed by atoms with van der Waals surface area (Å²) in [6.45, 7) is 7.38. The number of hydrogen-bond donors (Lipinski definition) is 0. The second-order valence-corrected chi connectivity index (χ2v) is 9.77. The summed E-state index contributed by atoms with van der Waals surface area (Å²) in [5.41, 5.74) is 3.57. The van der Waals surface area contributed by atoms with E-state index in [-0.39, 0.29) is 18.5 Å². The second-order valence-electron chi connectivity index (χ2n) is 9.77. The van der Waals surface area contributed by atoms with Crippen molar-refractivity contribution in [3.63, 3.8) is 0 Å². The summed E-state index contributed by atoms with van der Waals surface area (Å²) in [6.07, 6.45) is 8.96. The average Bonchev–Trinajstić information content (AvgIpc) is 3.24. The standard InChI is InChI=1S/C26H33N5O3/c1-17-11-19-14-27-31(22(19)12-21(17)23-7-3-5-9-32-23)25-13-24(28-18(2)29-25)30-15-20(16-30)34-26-8-4-6-10-33-26/h11-14,20,23,26H,3-10,15-16H2,1-2H3. The van der Waals surface area contributed by atoms with Gasteiger partial charge in [-0.25, -0.2) is 14.6 Å². The van der Waals surface area contributed by atoms with Crippen molar-refractivity contribution in [3.8, 4) is 5.82 Å². The molecule has 0 radical (unpaired) electrons. The Hall–Kier alpha value is -2.55. The third-order valence-electron chi connectivity index (χ3n) is 7.16. The molecule has 5 heterocycles. The van der Waals surface area contributed by atoms with Gasteiger partial charge in [0.2, 0.25) is 0 Å². The van der Waals surface area contributed by atoms with Crippen LogP contribution < -0.4 is 4.90 Å². The fourth-order valence-electron chi connectivity index (χ4n) is 5.27. The predicted octanol–water partition coefficient (Wildman–Crippen LogP) is 4.41. The van der Waals surface area contributed by atoms with Crippen molar-refractivity contribution in [1.29, 1.82) is 0 Å². The van der Waals surface area contributed by atoms with E-state index >= 15 is 0 Å². The van der Waals surface area contributed by atoms with Gasteiger partial charge in [0.15, 0.2) is 12.1 Å². The molecule has 1 aromatic carbocycles. The molecule has 3 aromatic rings. The van der Waals surface area contributed by atoms with Crippen LogP contribution in [0.1, 0.15) is 61.6 Å². The van der Waals surface area contributed by atoms with Crippen molar-refractivity contribution < 1.29 is 14.2 Å². The van der Waals surface area contributed by atoms with Gasteiger partial charge in [0, 0.05) is 37.8 Å². The molecule has 3 aliphatic heterocycles. The minimum Gasteiger partial charge on any atom is -0.374 e. The monoisotopic (exact) mass is 463 g/mol. The number of anilines is 1. The number of rotatable bonds is 5. The predicted molar refractivity (Wildman–Crippen MR) is 129 cm³/mol. The first kappa shape index (κ1) is 21.9. The van der Waals surface area contributed by atoms with Crippen LogP contribution in [0.5, 0.6) is 0 Å². The van der Waals surface area contributed by atoms with Crippen LogP contribution in [0.3, 0.4) is 0 Å². The summed E-state index contributed by atoms with van der Waals surface area (Å²) in [5, 5.41) is 5.81. The van der Waals surface area contributed by atoms with Crippen molar-refractivity contribution >= 4 is 16.7 Å². The van der Waals surface area contributed by atoms with E-state index < -0.39 is 0 Å². The lowest BCUT2D eigenvalue weighted by Crippen LogP contribution is -2.54. The molecule has 180 valence electrons. The zero-order valence-electron chi connectivity index (χ0n) is 20.1. The van der Waals surface area contributed by atoms with E-state index in [2.05, 4.69) is 24.0 Å². The molecule has 3 fully saturated rings. The molecule has 3 saturated heterocycles. The number of benzene rings is 1. The number of nitrogens with zero attached hydrogens (tertiary/aromatic N) is 5. The highest BCUT2D eigenvalue weighted by Crippen LogP contribution is 2.33. The quantitative estimate of drug-likeness (QED) is 0.555. The van der Waals surface area contributed by atoms with Crippen molar-refractivity contribution in [2.45, 2.75) is 70.9 Å². The minimum atomic E-state index is -0.0511. The normalized spacial score (nSPS) is 23.9. The van der Waals surface area contributed by atoms with Crippen molar-refractivity contribution in [2.75, 3.05) is 31.2 Å². The minimum absolute atomic E-state index is 0.0511. The lowest BCUT2D eigenvalue weighted by molar-refractivity contribution is -0.191. The van der Waals surface area contributed by atoms with Gasteiger partial charge >= 0.3 is 0 Å². The molecular weight excluding hydrogens is 430 g/mol. The number of hydrogen-bond acceptors (Lipinski definition) is 7. The molecular formula is C26H33N5O3. The van der Waals surface area contributed by atoms with Gasteiger partial charge in [0.05, 0.1) is 23.9 Å². The lowest BCUT2D eigenvalue weighted by Gasteiger charge is -2.41. The third-order valence-corrected chi connectivity index (χ3v) is 7.16. The van der Waals surface area contributed by atoms with Gasteiger partial charge in [-0.1, -0.05) is 0 Å². The summed E-state index contributed by atoms with van der Waals surface area (Å²) in [7, 11) is 0. The van der Waals surface area contributed by atoms with Crippen molar-refractivity contribution in [1.82, 2.24) is 19.7 Å². The fourth-order valence-corrected chi connectivity index (χ4v) is 5.27. The molecule has 2 aromatic heterocycles. The van der Waals surface area contributed by atoms with Crippen LogP contribution in [0, 0.1) is 13.8 Å². The topological polar surface area (TPSA) is 74.5 Å². The van der Waals surface area contributed by atoms with Gasteiger partial charge in [0.1, 0.15) is 11.6 Å². The van der Waals surface area contributed by atoms with Gasteiger partial charge in [-0.15, -0.1) is 0 Å². The van der Waals surface area contributed by atoms with Crippen LogP contribution in [0.25, 0.3) is 16.7 Å². The van der Waals surface area contributed by atoms with Crippen LogP contribution in [-0.2, 0) is 14.2 Å². The highest BCUT2D eigenvalue weighted by molar-refractivity contribution is 5.82.